The molecule has 0 aliphatic carbocycles. The third kappa shape index (κ3) is 3.32. The maximum atomic E-state index is 9.85. The first kappa shape index (κ1) is 14.9. The number of methoxy groups -OCH3 is 1. The van der Waals surface area contributed by atoms with Crippen molar-refractivity contribution in [3.63, 3.8) is 0 Å². The second kappa shape index (κ2) is 6.29. The van der Waals surface area contributed by atoms with Crippen LogP contribution in [0.1, 0.15) is 24.2 Å². The van der Waals surface area contributed by atoms with E-state index in [0.29, 0.717) is 17.2 Å². The lowest BCUT2D eigenvalue weighted by Gasteiger charge is -2.15. The van der Waals surface area contributed by atoms with Gasteiger partial charge in [-0.3, -0.25) is 0 Å². The van der Waals surface area contributed by atoms with Crippen LogP contribution in [0.25, 0.3) is 0 Å². The van der Waals surface area contributed by atoms with Crippen LogP contribution in [0.3, 0.4) is 0 Å². The molecule has 106 valence electrons. The van der Waals surface area contributed by atoms with Gasteiger partial charge >= 0.3 is 0 Å². The van der Waals surface area contributed by atoms with Crippen LogP contribution in [0.5, 0.6) is 17.2 Å². The van der Waals surface area contributed by atoms with E-state index in [1.54, 1.807) is 14.0 Å². The third-order valence-corrected chi connectivity index (χ3v) is 3.45. The summed E-state index contributed by atoms with van der Waals surface area (Å²) in [7, 11) is 1.61. The van der Waals surface area contributed by atoms with E-state index in [-0.39, 0.29) is 0 Å². The third-order valence-electron chi connectivity index (χ3n) is 2.96. The van der Waals surface area contributed by atoms with E-state index in [1.807, 2.05) is 43.3 Å². The summed E-state index contributed by atoms with van der Waals surface area (Å²) in [5, 5.41) is 9.85. The van der Waals surface area contributed by atoms with Crippen molar-refractivity contribution in [2.75, 3.05) is 7.11 Å². The summed E-state index contributed by atoms with van der Waals surface area (Å²) in [5.41, 5.74) is 1.82. The van der Waals surface area contributed by atoms with E-state index in [4.69, 9.17) is 9.47 Å². The van der Waals surface area contributed by atoms with Gasteiger partial charge in [0.15, 0.2) is 11.5 Å². The molecule has 0 aromatic heterocycles. The summed E-state index contributed by atoms with van der Waals surface area (Å²) in [4.78, 5) is 0. The lowest BCUT2D eigenvalue weighted by atomic mass is 10.1. The fourth-order valence-electron chi connectivity index (χ4n) is 1.92. The van der Waals surface area contributed by atoms with Crippen molar-refractivity contribution in [2.24, 2.45) is 0 Å². The zero-order valence-corrected chi connectivity index (χ0v) is 13.3. The zero-order valence-electron chi connectivity index (χ0n) is 11.7. The van der Waals surface area contributed by atoms with Gasteiger partial charge in [0.05, 0.1) is 13.2 Å². The molecular formula is C16H17BrO3. The highest BCUT2D eigenvalue weighted by atomic mass is 79.9. The van der Waals surface area contributed by atoms with Gasteiger partial charge in [-0.1, -0.05) is 22.0 Å². The fourth-order valence-corrected chi connectivity index (χ4v) is 2.30. The Balaban J connectivity index is 2.39. The number of halogens is 1. The molecule has 0 aliphatic rings. The molecule has 2 aromatic rings. The SMILES string of the molecule is COc1cc(C)ccc1Oc1ccc(Br)cc1C(C)O. The number of hydrogen-bond donors (Lipinski definition) is 1. The molecule has 0 spiro atoms. The normalized spacial score (nSPS) is 12.1. The van der Waals surface area contributed by atoms with Gasteiger partial charge in [-0.2, -0.15) is 0 Å². The van der Waals surface area contributed by atoms with Crippen LogP contribution >= 0.6 is 15.9 Å². The van der Waals surface area contributed by atoms with E-state index in [0.717, 1.165) is 15.6 Å². The Kier molecular flexibility index (Phi) is 4.68. The molecule has 1 atom stereocenters. The molecule has 2 rings (SSSR count). The van der Waals surface area contributed by atoms with Crippen LogP contribution in [0, 0.1) is 6.92 Å². The van der Waals surface area contributed by atoms with E-state index in [2.05, 4.69) is 15.9 Å². The first-order valence-electron chi connectivity index (χ1n) is 6.31. The van der Waals surface area contributed by atoms with E-state index >= 15 is 0 Å². The van der Waals surface area contributed by atoms with Gasteiger partial charge in [0.2, 0.25) is 0 Å². The van der Waals surface area contributed by atoms with Gasteiger partial charge < -0.3 is 14.6 Å². The first-order valence-corrected chi connectivity index (χ1v) is 7.10. The summed E-state index contributed by atoms with van der Waals surface area (Å²) in [6, 6.07) is 11.3. The maximum Gasteiger partial charge on any atom is 0.169 e. The molecule has 1 N–H and O–H groups in total. The molecule has 0 bridgehead atoms. The number of ether oxygens (including phenoxy) is 2. The second-order valence-corrected chi connectivity index (χ2v) is 5.53. The van der Waals surface area contributed by atoms with Crippen LogP contribution in [0.4, 0.5) is 0 Å². The van der Waals surface area contributed by atoms with Crippen LogP contribution < -0.4 is 9.47 Å². The Hall–Kier alpha value is -1.52. The Morgan fingerprint density at radius 1 is 1.05 bits per heavy atom. The predicted molar refractivity (Wildman–Crippen MR) is 82.6 cm³/mol. The van der Waals surface area contributed by atoms with Gasteiger partial charge in [0, 0.05) is 10.0 Å². The van der Waals surface area contributed by atoms with Gasteiger partial charge in [-0.15, -0.1) is 0 Å². The monoisotopic (exact) mass is 336 g/mol. The summed E-state index contributed by atoms with van der Waals surface area (Å²) in [6.07, 6.45) is -0.612. The molecule has 0 amide bonds. The molecule has 1 unspecified atom stereocenters. The van der Waals surface area contributed by atoms with E-state index in [1.165, 1.54) is 0 Å². The van der Waals surface area contributed by atoms with Crippen molar-refractivity contribution in [3.8, 4) is 17.2 Å². The zero-order chi connectivity index (χ0) is 14.7. The number of aryl methyl sites for hydroxylation is 1. The molecule has 0 radical (unpaired) electrons. The number of hydrogen-bond acceptors (Lipinski definition) is 3. The van der Waals surface area contributed by atoms with Crippen molar-refractivity contribution >= 4 is 15.9 Å². The van der Waals surface area contributed by atoms with Crippen LogP contribution in [0.15, 0.2) is 40.9 Å². The highest BCUT2D eigenvalue weighted by Gasteiger charge is 2.13. The molecule has 2 aromatic carbocycles. The number of aliphatic hydroxyl groups excluding tert-OH is 1. The summed E-state index contributed by atoms with van der Waals surface area (Å²) < 4.78 is 12.1. The van der Waals surface area contributed by atoms with E-state index in [9.17, 15) is 5.11 Å². The van der Waals surface area contributed by atoms with Gasteiger partial charge in [0.25, 0.3) is 0 Å². The van der Waals surface area contributed by atoms with Crippen molar-refractivity contribution in [1.29, 1.82) is 0 Å². The Labute approximate surface area is 127 Å². The Morgan fingerprint density at radius 3 is 2.40 bits per heavy atom. The van der Waals surface area contributed by atoms with E-state index < -0.39 is 6.10 Å². The average molecular weight is 337 g/mol. The van der Waals surface area contributed by atoms with Crippen molar-refractivity contribution in [3.05, 3.63) is 52.0 Å². The number of aliphatic hydroxyl groups is 1. The molecule has 3 nitrogen and oxygen atoms in total. The molecule has 4 heteroatoms. The molecule has 0 saturated heterocycles. The average Bonchev–Trinajstić information content (AvgIpc) is 2.42. The topological polar surface area (TPSA) is 38.7 Å². The van der Waals surface area contributed by atoms with Crippen molar-refractivity contribution < 1.29 is 14.6 Å². The van der Waals surface area contributed by atoms with Crippen molar-refractivity contribution in [2.45, 2.75) is 20.0 Å². The van der Waals surface area contributed by atoms with Crippen LogP contribution in [-0.2, 0) is 0 Å². The Morgan fingerprint density at radius 2 is 1.75 bits per heavy atom. The second-order valence-electron chi connectivity index (χ2n) is 4.61. The molecular weight excluding hydrogens is 320 g/mol. The van der Waals surface area contributed by atoms with Crippen LogP contribution in [-0.4, -0.2) is 12.2 Å². The summed E-state index contributed by atoms with van der Waals surface area (Å²) >= 11 is 3.40. The van der Waals surface area contributed by atoms with Gasteiger partial charge in [-0.05, 0) is 49.7 Å². The standard InChI is InChI=1S/C16H17BrO3/c1-10-4-6-15(16(8-10)19-3)20-14-7-5-12(17)9-13(14)11(2)18/h4-9,11,18H,1-3H3. The maximum absolute atomic E-state index is 9.85. The van der Waals surface area contributed by atoms with Gasteiger partial charge in [0.1, 0.15) is 5.75 Å². The summed E-state index contributed by atoms with van der Waals surface area (Å²) in [6.45, 7) is 3.70. The summed E-state index contributed by atoms with van der Waals surface area (Å²) in [5.74, 6) is 1.91. The fraction of sp³-hybridized carbons (Fsp3) is 0.250. The molecule has 0 saturated carbocycles. The molecule has 0 heterocycles. The highest BCUT2D eigenvalue weighted by molar-refractivity contribution is 9.10. The minimum atomic E-state index is -0.612. The number of rotatable bonds is 4. The number of benzene rings is 2. The first-order chi connectivity index (χ1) is 9.51. The Bertz CT molecular complexity index is 609. The molecule has 20 heavy (non-hydrogen) atoms. The minimum Gasteiger partial charge on any atom is -0.493 e. The van der Waals surface area contributed by atoms with Crippen LogP contribution in [0.2, 0.25) is 0 Å². The molecule has 0 aliphatic heterocycles. The lowest BCUT2D eigenvalue weighted by molar-refractivity contribution is 0.195. The quantitative estimate of drug-likeness (QED) is 0.885. The molecule has 0 fully saturated rings. The van der Waals surface area contributed by atoms with Gasteiger partial charge in [-0.25, -0.2) is 0 Å². The lowest BCUT2D eigenvalue weighted by Crippen LogP contribution is -1.97. The largest absolute Gasteiger partial charge is 0.493 e. The minimum absolute atomic E-state index is 0.612. The predicted octanol–water partition coefficient (Wildman–Crippen LogP) is 4.61. The smallest absolute Gasteiger partial charge is 0.169 e. The highest BCUT2D eigenvalue weighted by Crippen LogP contribution is 2.36. The van der Waals surface area contributed by atoms with Crippen molar-refractivity contribution in [1.82, 2.24) is 0 Å².